The summed E-state index contributed by atoms with van der Waals surface area (Å²) in [6, 6.07) is 7.53. The van der Waals surface area contributed by atoms with Gasteiger partial charge in [0, 0.05) is 25.2 Å². The molecule has 1 aliphatic heterocycles. The van der Waals surface area contributed by atoms with E-state index in [9.17, 15) is 9.59 Å². The van der Waals surface area contributed by atoms with Crippen LogP contribution in [0.1, 0.15) is 49.0 Å². The highest BCUT2D eigenvalue weighted by atomic mass is 16.2. The number of aromatic nitrogens is 2. The van der Waals surface area contributed by atoms with Gasteiger partial charge < -0.3 is 10.2 Å². The lowest BCUT2D eigenvalue weighted by Gasteiger charge is -2.29. The third kappa shape index (κ3) is 3.79. The lowest BCUT2D eigenvalue weighted by molar-refractivity contribution is 0.102. The highest BCUT2D eigenvalue weighted by Gasteiger charge is 2.21. The Hall–Kier alpha value is -2.63. The van der Waals surface area contributed by atoms with Gasteiger partial charge in [0.1, 0.15) is 5.69 Å². The number of rotatable bonds is 5. The first-order valence-corrected chi connectivity index (χ1v) is 9.39. The summed E-state index contributed by atoms with van der Waals surface area (Å²) in [4.78, 5) is 27.6. The van der Waals surface area contributed by atoms with Crippen molar-refractivity contribution in [2.75, 3.05) is 23.3 Å². The minimum atomic E-state index is -0.221. The van der Waals surface area contributed by atoms with Crippen molar-refractivity contribution in [1.29, 1.82) is 0 Å². The van der Waals surface area contributed by atoms with Crippen LogP contribution in [0.5, 0.6) is 0 Å². The molecule has 1 N–H and O–H groups in total. The van der Waals surface area contributed by atoms with Crippen LogP contribution in [0, 0.1) is 0 Å². The molecule has 0 aliphatic carbocycles. The molecular weight excluding hydrogens is 328 g/mol. The van der Waals surface area contributed by atoms with Gasteiger partial charge in [-0.25, -0.2) is 4.68 Å². The summed E-state index contributed by atoms with van der Waals surface area (Å²) in [5.41, 5.74) is 2.66. The number of hydrogen-bond donors (Lipinski definition) is 1. The molecule has 26 heavy (non-hydrogen) atoms. The summed E-state index contributed by atoms with van der Waals surface area (Å²) < 4.78 is 1.44. The first-order valence-electron chi connectivity index (χ1n) is 9.39. The Morgan fingerprint density at radius 3 is 2.42 bits per heavy atom. The van der Waals surface area contributed by atoms with Crippen LogP contribution < -0.4 is 15.8 Å². The molecule has 0 saturated carbocycles. The van der Waals surface area contributed by atoms with Gasteiger partial charge in [-0.15, -0.1) is 0 Å². The molecule has 0 bridgehead atoms. The molecule has 1 aliphatic rings. The van der Waals surface area contributed by atoms with Crippen LogP contribution in [0.2, 0.25) is 0 Å². The van der Waals surface area contributed by atoms with Gasteiger partial charge in [-0.1, -0.05) is 19.1 Å². The van der Waals surface area contributed by atoms with Gasteiger partial charge in [0.15, 0.2) is 0 Å². The number of carbonyl (C=O) groups is 1. The van der Waals surface area contributed by atoms with Crippen LogP contribution in [-0.2, 0) is 13.0 Å². The summed E-state index contributed by atoms with van der Waals surface area (Å²) in [5, 5.41) is 7.09. The van der Waals surface area contributed by atoms with Crippen LogP contribution in [-0.4, -0.2) is 28.8 Å². The van der Waals surface area contributed by atoms with E-state index in [0.717, 1.165) is 32.4 Å². The smallest absolute Gasteiger partial charge is 0.292 e. The molecule has 1 fully saturated rings. The standard InChI is InChI=1S/C20H26N4O2/c1-3-15-8-10-16(11-9-15)19(25)22-17-14-21-24(4-2)20(26)18(17)23-12-6-5-7-13-23/h8-11,14H,3-7,12-13H2,1-2H3,(H,22,25). The van der Waals surface area contributed by atoms with E-state index in [2.05, 4.69) is 22.2 Å². The van der Waals surface area contributed by atoms with Gasteiger partial charge in [-0.2, -0.15) is 5.10 Å². The summed E-state index contributed by atoms with van der Waals surface area (Å²) in [6.45, 7) is 6.14. The number of hydrogen-bond acceptors (Lipinski definition) is 4. The van der Waals surface area contributed by atoms with E-state index in [1.807, 2.05) is 31.2 Å². The maximum atomic E-state index is 12.8. The summed E-state index contributed by atoms with van der Waals surface area (Å²) in [5.74, 6) is -0.221. The number of nitrogens with zero attached hydrogens (tertiary/aromatic N) is 3. The van der Waals surface area contributed by atoms with E-state index in [1.165, 1.54) is 16.7 Å². The molecule has 3 rings (SSSR count). The lowest BCUT2D eigenvalue weighted by Crippen LogP contribution is -2.37. The fourth-order valence-electron chi connectivity index (χ4n) is 3.30. The molecule has 6 nitrogen and oxygen atoms in total. The molecule has 0 unspecified atom stereocenters. The number of amides is 1. The van der Waals surface area contributed by atoms with Crippen LogP contribution in [0.25, 0.3) is 0 Å². The van der Waals surface area contributed by atoms with E-state index in [0.29, 0.717) is 23.5 Å². The average Bonchev–Trinajstić information content (AvgIpc) is 2.69. The van der Waals surface area contributed by atoms with Gasteiger partial charge in [0.2, 0.25) is 0 Å². The van der Waals surface area contributed by atoms with E-state index in [4.69, 9.17) is 0 Å². The molecule has 1 aromatic heterocycles. The minimum Gasteiger partial charge on any atom is -0.365 e. The number of piperidine rings is 1. The average molecular weight is 354 g/mol. The zero-order chi connectivity index (χ0) is 18.5. The van der Waals surface area contributed by atoms with Gasteiger partial charge in [-0.05, 0) is 50.3 Å². The lowest BCUT2D eigenvalue weighted by atomic mass is 10.1. The van der Waals surface area contributed by atoms with Crippen molar-refractivity contribution in [1.82, 2.24) is 9.78 Å². The SMILES string of the molecule is CCc1ccc(C(=O)Nc2cnn(CC)c(=O)c2N2CCCCC2)cc1. The van der Waals surface area contributed by atoms with Gasteiger partial charge in [0.25, 0.3) is 11.5 Å². The van der Waals surface area contributed by atoms with E-state index in [1.54, 1.807) is 6.20 Å². The molecule has 1 aromatic carbocycles. The van der Waals surface area contributed by atoms with Gasteiger partial charge in [-0.3, -0.25) is 9.59 Å². The Morgan fingerprint density at radius 2 is 1.81 bits per heavy atom. The normalized spacial score (nSPS) is 14.3. The second-order valence-electron chi connectivity index (χ2n) is 6.58. The summed E-state index contributed by atoms with van der Waals surface area (Å²) in [7, 11) is 0. The van der Waals surface area contributed by atoms with Crippen LogP contribution in [0.15, 0.2) is 35.3 Å². The largest absolute Gasteiger partial charge is 0.365 e. The van der Waals surface area contributed by atoms with Crippen LogP contribution >= 0.6 is 0 Å². The predicted molar refractivity (Wildman–Crippen MR) is 104 cm³/mol. The molecule has 0 atom stereocenters. The second kappa shape index (κ2) is 8.17. The van der Waals surface area contributed by atoms with E-state index in [-0.39, 0.29) is 11.5 Å². The Kier molecular flexibility index (Phi) is 5.71. The van der Waals surface area contributed by atoms with E-state index >= 15 is 0 Å². The highest BCUT2D eigenvalue weighted by Crippen LogP contribution is 2.24. The number of benzene rings is 1. The third-order valence-corrected chi connectivity index (χ3v) is 4.86. The molecule has 2 heterocycles. The maximum Gasteiger partial charge on any atom is 0.292 e. The fourth-order valence-corrected chi connectivity index (χ4v) is 3.30. The maximum absolute atomic E-state index is 12.8. The number of carbonyl (C=O) groups excluding carboxylic acids is 1. The van der Waals surface area contributed by atoms with Gasteiger partial charge in [0.05, 0.1) is 11.9 Å². The topological polar surface area (TPSA) is 67.2 Å². The Balaban J connectivity index is 1.91. The van der Waals surface area contributed by atoms with Crippen LogP contribution in [0.3, 0.4) is 0 Å². The van der Waals surface area contributed by atoms with Crippen molar-refractivity contribution in [2.24, 2.45) is 0 Å². The molecule has 1 saturated heterocycles. The van der Waals surface area contributed by atoms with Crippen molar-refractivity contribution < 1.29 is 4.79 Å². The second-order valence-corrected chi connectivity index (χ2v) is 6.58. The molecule has 1 amide bonds. The summed E-state index contributed by atoms with van der Waals surface area (Å²) >= 11 is 0. The quantitative estimate of drug-likeness (QED) is 0.896. The minimum absolute atomic E-state index is 0.145. The van der Waals surface area contributed by atoms with Gasteiger partial charge >= 0.3 is 0 Å². The molecular formula is C20H26N4O2. The Labute approximate surface area is 153 Å². The third-order valence-electron chi connectivity index (χ3n) is 4.86. The Bertz CT molecular complexity index is 821. The number of nitrogens with one attached hydrogen (secondary N) is 1. The molecule has 0 spiro atoms. The van der Waals surface area contributed by atoms with Crippen molar-refractivity contribution in [3.8, 4) is 0 Å². The molecule has 6 heteroatoms. The van der Waals surface area contributed by atoms with Crippen molar-refractivity contribution in [3.05, 3.63) is 51.9 Å². The van der Waals surface area contributed by atoms with Crippen molar-refractivity contribution >= 4 is 17.3 Å². The number of aryl methyl sites for hydroxylation is 2. The number of anilines is 2. The van der Waals surface area contributed by atoms with Crippen molar-refractivity contribution in [2.45, 2.75) is 46.1 Å². The fraction of sp³-hybridized carbons (Fsp3) is 0.450. The zero-order valence-electron chi connectivity index (χ0n) is 15.5. The monoisotopic (exact) mass is 354 g/mol. The summed E-state index contributed by atoms with van der Waals surface area (Å²) in [6.07, 6.45) is 5.81. The molecule has 0 radical (unpaired) electrons. The first kappa shape index (κ1) is 18.2. The molecule has 138 valence electrons. The molecule has 2 aromatic rings. The van der Waals surface area contributed by atoms with Crippen molar-refractivity contribution in [3.63, 3.8) is 0 Å². The first-order chi connectivity index (χ1) is 12.6. The van der Waals surface area contributed by atoms with E-state index < -0.39 is 0 Å². The van der Waals surface area contributed by atoms with Crippen LogP contribution in [0.4, 0.5) is 11.4 Å². The zero-order valence-corrected chi connectivity index (χ0v) is 15.5. The highest BCUT2D eigenvalue weighted by molar-refractivity contribution is 6.05. The Morgan fingerprint density at radius 1 is 1.12 bits per heavy atom. The predicted octanol–water partition coefficient (Wildman–Crippen LogP) is 3.07.